The average Bonchev–Trinajstić information content (AvgIpc) is 2.53. The van der Waals surface area contributed by atoms with Gasteiger partial charge >= 0.3 is 5.97 Å². The monoisotopic (exact) mass is 399 g/mol. The first-order valence-corrected chi connectivity index (χ1v) is 7.14. The molecule has 2 rings (SSSR count). The molecule has 0 unspecified atom stereocenters. The number of benzene rings is 1. The van der Waals surface area contributed by atoms with Crippen LogP contribution in [0.5, 0.6) is 11.5 Å². The van der Waals surface area contributed by atoms with Crippen molar-refractivity contribution in [3.63, 3.8) is 0 Å². The van der Waals surface area contributed by atoms with Crippen LogP contribution in [0.2, 0.25) is 0 Å². The standard InChI is InChI=1S/C15H14INO4/c1-19-12-5-4-9(7-13(12)20-2)10-6-11(16)14(17-8-10)15(18)21-3/h4-8H,1-3H3. The third kappa shape index (κ3) is 3.26. The number of hydrogen-bond acceptors (Lipinski definition) is 5. The lowest BCUT2D eigenvalue weighted by molar-refractivity contribution is 0.0593. The molecule has 1 aromatic heterocycles. The summed E-state index contributed by atoms with van der Waals surface area (Å²) in [6.07, 6.45) is 1.63. The molecule has 0 saturated heterocycles. The summed E-state index contributed by atoms with van der Waals surface area (Å²) in [6.45, 7) is 0. The second-order valence-electron chi connectivity index (χ2n) is 4.12. The molecular formula is C15H14INO4. The number of esters is 1. The summed E-state index contributed by atoms with van der Waals surface area (Å²) in [7, 11) is 4.51. The van der Waals surface area contributed by atoms with E-state index in [1.165, 1.54) is 7.11 Å². The van der Waals surface area contributed by atoms with Crippen molar-refractivity contribution in [2.24, 2.45) is 0 Å². The molecule has 0 bridgehead atoms. The number of pyridine rings is 1. The van der Waals surface area contributed by atoms with Crippen LogP contribution in [0.3, 0.4) is 0 Å². The van der Waals surface area contributed by atoms with E-state index >= 15 is 0 Å². The van der Waals surface area contributed by atoms with Crippen LogP contribution in [0.4, 0.5) is 0 Å². The van der Waals surface area contributed by atoms with Gasteiger partial charge in [-0.15, -0.1) is 0 Å². The molecule has 0 spiro atoms. The van der Waals surface area contributed by atoms with E-state index in [1.54, 1.807) is 20.4 Å². The highest BCUT2D eigenvalue weighted by Crippen LogP contribution is 2.32. The summed E-state index contributed by atoms with van der Waals surface area (Å²) in [5.41, 5.74) is 2.12. The number of halogens is 1. The zero-order valence-electron chi connectivity index (χ0n) is 11.8. The zero-order valence-corrected chi connectivity index (χ0v) is 14.0. The highest BCUT2D eigenvalue weighted by atomic mass is 127. The highest BCUT2D eigenvalue weighted by molar-refractivity contribution is 14.1. The minimum Gasteiger partial charge on any atom is -0.493 e. The number of methoxy groups -OCH3 is 3. The molecule has 0 saturated carbocycles. The number of carbonyl (C=O) groups excluding carboxylic acids is 1. The van der Waals surface area contributed by atoms with Gasteiger partial charge in [-0.25, -0.2) is 9.78 Å². The van der Waals surface area contributed by atoms with Crippen molar-refractivity contribution < 1.29 is 19.0 Å². The molecule has 21 heavy (non-hydrogen) atoms. The normalized spacial score (nSPS) is 10.1. The number of aromatic nitrogens is 1. The van der Waals surface area contributed by atoms with Crippen LogP contribution < -0.4 is 9.47 Å². The molecule has 1 aromatic carbocycles. The van der Waals surface area contributed by atoms with Crippen molar-refractivity contribution in [3.8, 4) is 22.6 Å². The van der Waals surface area contributed by atoms with Crippen molar-refractivity contribution >= 4 is 28.6 Å². The van der Waals surface area contributed by atoms with Crippen LogP contribution in [0.15, 0.2) is 30.5 Å². The second kappa shape index (κ2) is 6.75. The Morgan fingerprint density at radius 1 is 1.05 bits per heavy atom. The van der Waals surface area contributed by atoms with Crippen LogP contribution in [0.1, 0.15) is 10.5 Å². The number of hydrogen-bond donors (Lipinski definition) is 0. The van der Waals surface area contributed by atoms with E-state index < -0.39 is 5.97 Å². The van der Waals surface area contributed by atoms with E-state index in [2.05, 4.69) is 32.3 Å². The van der Waals surface area contributed by atoms with E-state index in [0.717, 1.165) is 14.7 Å². The Balaban J connectivity index is 2.43. The first kappa shape index (κ1) is 15.6. The molecule has 0 radical (unpaired) electrons. The van der Waals surface area contributed by atoms with Crippen molar-refractivity contribution in [1.29, 1.82) is 0 Å². The fourth-order valence-corrected chi connectivity index (χ4v) is 2.55. The van der Waals surface area contributed by atoms with Crippen LogP contribution in [0.25, 0.3) is 11.1 Å². The number of ether oxygens (including phenoxy) is 3. The maximum atomic E-state index is 11.5. The summed E-state index contributed by atoms with van der Waals surface area (Å²) in [5, 5.41) is 0. The Hall–Kier alpha value is -1.83. The Morgan fingerprint density at radius 2 is 1.76 bits per heavy atom. The molecule has 6 heteroatoms. The van der Waals surface area contributed by atoms with Gasteiger partial charge < -0.3 is 14.2 Å². The average molecular weight is 399 g/mol. The van der Waals surface area contributed by atoms with E-state index in [9.17, 15) is 4.79 Å². The van der Waals surface area contributed by atoms with E-state index in [0.29, 0.717) is 17.2 Å². The summed E-state index contributed by atoms with van der Waals surface area (Å²) < 4.78 is 15.9. The van der Waals surface area contributed by atoms with Gasteiger partial charge in [0.25, 0.3) is 0 Å². The Kier molecular flexibility index (Phi) is 5.00. The van der Waals surface area contributed by atoms with E-state index in [1.807, 2.05) is 24.3 Å². The maximum absolute atomic E-state index is 11.5. The van der Waals surface area contributed by atoms with Gasteiger partial charge in [0, 0.05) is 15.3 Å². The highest BCUT2D eigenvalue weighted by Gasteiger charge is 2.14. The molecule has 0 atom stereocenters. The smallest absolute Gasteiger partial charge is 0.357 e. The quantitative estimate of drug-likeness (QED) is 0.584. The SMILES string of the molecule is COC(=O)c1ncc(-c2ccc(OC)c(OC)c2)cc1I. The Morgan fingerprint density at radius 3 is 2.33 bits per heavy atom. The van der Waals surface area contributed by atoms with Gasteiger partial charge in [-0.3, -0.25) is 0 Å². The molecule has 0 fully saturated rings. The minimum absolute atomic E-state index is 0.308. The van der Waals surface area contributed by atoms with Crippen LogP contribution in [-0.4, -0.2) is 32.3 Å². The molecule has 2 aromatic rings. The van der Waals surface area contributed by atoms with Crippen molar-refractivity contribution in [2.45, 2.75) is 0 Å². The van der Waals surface area contributed by atoms with Gasteiger partial charge in [-0.2, -0.15) is 0 Å². The molecular weight excluding hydrogens is 385 g/mol. The molecule has 0 aliphatic rings. The fraction of sp³-hybridized carbons (Fsp3) is 0.200. The lowest BCUT2D eigenvalue weighted by atomic mass is 10.1. The summed E-state index contributed by atoms with van der Waals surface area (Å²) in [4.78, 5) is 15.7. The number of nitrogens with zero attached hydrogens (tertiary/aromatic N) is 1. The first-order chi connectivity index (χ1) is 10.1. The number of carbonyl (C=O) groups is 1. The lowest BCUT2D eigenvalue weighted by Crippen LogP contribution is -2.06. The predicted octanol–water partition coefficient (Wildman–Crippen LogP) is 3.16. The second-order valence-corrected chi connectivity index (χ2v) is 5.28. The van der Waals surface area contributed by atoms with Gasteiger partial charge in [0.1, 0.15) is 0 Å². The lowest BCUT2D eigenvalue weighted by Gasteiger charge is -2.10. The molecule has 5 nitrogen and oxygen atoms in total. The first-order valence-electron chi connectivity index (χ1n) is 6.07. The van der Waals surface area contributed by atoms with Gasteiger partial charge in [0.15, 0.2) is 17.2 Å². The third-order valence-electron chi connectivity index (χ3n) is 2.94. The van der Waals surface area contributed by atoms with Crippen LogP contribution >= 0.6 is 22.6 Å². The van der Waals surface area contributed by atoms with Crippen molar-refractivity contribution in [2.75, 3.05) is 21.3 Å². The Labute approximate surface area is 136 Å². The predicted molar refractivity (Wildman–Crippen MR) is 86.8 cm³/mol. The molecule has 0 aliphatic heterocycles. The zero-order chi connectivity index (χ0) is 15.4. The van der Waals surface area contributed by atoms with Gasteiger partial charge in [-0.1, -0.05) is 6.07 Å². The summed E-state index contributed by atoms with van der Waals surface area (Å²) in [6, 6.07) is 7.48. The molecule has 1 heterocycles. The fourth-order valence-electron chi connectivity index (χ4n) is 1.86. The van der Waals surface area contributed by atoms with Gasteiger partial charge in [0.2, 0.25) is 0 Å². The number of rotatable bonds is 4. The molecule has 0 N–H and O–H groups in total. The molecule has 0 amide bonds. The Bertz CT molecular complexity index is 673. The summed E-state index contributed by atoms with van der Waals surface area (Å²) >= 11 is 2.06. The van der Waals surface area contributed by atoms with E-state index in [4.69, 9.17) is 9.47 Å². The largest absolute Gasteiger partial charge is 0.493 e. The van der Waals surface area contributed by atoms with Gasteiger partial charge in [-0.05, 0) is 46.4 Å². The summed E-state index contributed by atoms with van der Waals surface area (Å²) in [5.74, 6) is 0.857. The van der Waals surface area contributed by atoms with Crippen molar-refractivity contribution in [3.05, 3.63) is 39.7 Å². The molecule has 110 valence electrons. The third-order valence-corrected chi connectivity index (χ3v) is 3.76. The maximum Gasteiger partial charge on any atom is 0.357 e. The molecule has 0 aliphatic carbocycles. The van der Waals surface area contributed by atoms with Crippen molar-refractivity contribution in [1.82, 2.24) is 4.98 Å². The topological polar surface area (TPSA) is 57.7 Å². The van der Waals surface area contributed by atoms with E-state index in [-0.39, 0.29) is 0 Å². The van der Waals surface area contributed by atoms with Gasteiger partial charge in [0.05, 0.1) is 21.3 Å². The minimum atomic E-state index is -0.446. The van der Waals surface area contributed by atoms with Crippen LogP contribution in [0, 0.1) is 3.57 Å². The van der Waals surface area contributed by atoms with Crippen LogP contribution in [-0.2, 0) is 4.74 Å².